The molecule has 102 valence electrons. The van der Waals surface area contributed by atoms with E-state index in [4.69, 9.17) is 4.98 Å². The SMILES string of the molecule is CNC(C)c1cnc(-c2cc(C)c3ccccc3n2)s1. The number of nitrogens with one attached hydrogen (secondary N) is 1. The van der Waals surface area contributed by atoms with Gasteiger partial charge in [0, 0.05) is 22.5 Å². The number of thiazole rings is 1. The standard InChI is InChI=1S/C16H17N3S/c1-10-8-14(19-13-7-5-4-6-12(10)13)16-18-9-15(20-16)11(2)17-3/h4-9,11,17H,1-3H3. The van der Waals surface area contributed by atoms with Crippen molar-refractivity contribution in [2.24, 2.45) is 0 Å². The summed E-state index contributed by atoms with van der Waals surface area (Å²) in [6, 6.07) is 10.7. The van der Waals surface area contributed by atoms with Crippen molar-refractivity contribution in [2.75, 3.05) is 7.05 Å². The van der Waals surface area contributed by atoms with Gasteiger partial charge in [0.15, 0.2) is 0 Å². The fourth-order valence-electron chi connectivity index (χ4n) is 2.21. The van der Waals surface area contributed by atoms with Gasteiger partial charge in [-0.05, 0) is 38.6 Å². The third-order valence-corrected chi connectivity index (χ3v) is 4.73. The molecule has 3 aromatic rings. The average Bonchev–Trinajstić information content (AvgIpc) is 2.96. The second kappa shape index (κ2) is 5.31. The summed E-state index contributed by atoms with van der Waals surface area (Å²) in [5, 5.41) is 5.42. The molecule has 0 radical (unpaired) electrons. The van der Waals surface area contributed by atoms with Gasteiger partial charge in [-0.1, -0.05) is 18.2 Å². The highest BCUT2D eigenvalue weighted by molar-refractivity contribution is 7.15. The topological polar surface area (TPSA) is 37.8 Å². The molecule has 1 N–H and O–H groups in total. The van der Waals surface area contributed by atoms with Gasteiger partial charge >= 0.3 is 0 Å². The van der Waals surface area contributed by atoms with Crippen LogP contribution in [-0.4, -0.2) is 17.0 Å². The van der Waals surface area contributed by atoms with Gasteiger partial charge in [0.1, 0.15) is 5.01 Å². The predicted octanol–water partition coefficient (Wildman–Crippen LogP) is 3.95. The van der Waals surface area contributed by atoms with Gasteiger partial charge in [-0.3, -0.25) is 0 Å². The number of hydrogen-bond donors (Lipinski definition) is 1. The molecular formula is C16H17N3S. The number of nitrogens with zero attached hydrogens (tertiary/aromatic N) is 2. The van der Waals surface area contributed by atoms with E-state index >= 15 is 0 Å². The van der Waals surface area contributed by atoms with Crippen LogP contribution in [0.25, 0.3) is 21.6 Å². The van der Waals surface area contributed by atoms with E-state index in [1.807, 2.05) is 25.4 Å². The molecule has 4 heteroatoms. The van der Waals surface area contributed by atoms with Gasteiger partial charge in [-0.2, -0.15) is 0 Å². The van der Waals surface area contributed by atoms with Gasteiger partial charge in [-0.15, -0.1) is 11.3 Å². The van der Waals surface area contributed by atoms with Crippen molar-refractivity contribution < 1.29 is 0 Å². The number of rotatable bonds is 3. The van der Waals surface area contributed by atoms with Crippen LogP contribution in [0.5, 0.6) is 0 Å². The lowest BCUT2D eigenvalue weighted by molar-refractivity contribution is 0.662. The molecule has 1 unspecified atom stereocenters. The first kappa shape index (κ1) is 13.2. The maximum atomic E-state index is 4.73. The molecule has 2 heterocycles. The van der Waals surface area contributed by atoms with Crippen LogP contribution < -0.4 is 5.32 Å². The first-order valence-corrected chi connectivity index (χ1v) is 7.50. The lowest BCUT2D eigenvalue weighted by atomic mass is 10.1. The summed E-state index contributed by atoms with van der Waals surface area (Å²) in [5.74, 6) is 0. The van der Waals surface area contributed by atoms with Crippen molar-refractivity contribution in [2.45, 2.75) is 19.9 Å². The van der Waals surface area contributed by atoms with E-state index in [1.54, 1.807) is 11.3 Å². The predicted molar refractivity (Wildman–Crippen MR) is 85.1 cm³/mol. The van der Waals surface area contributed by atoms with Gasteiger partial charge < -0.3 is 5.32 Å². The van der Waals surface area contributed by atoms with Crippen LogP contribution in [-0.2, 0) is 0 Å². The number of fused-ring (bicyclic) bond motifs is 1. The van der Waals surface area contributed by atoms with Crippen LogP contribution in [0.1, 0.15) is 23.4 Å². The Balaban J connectivity index is 2.08. The Morgan fingerprint density at radius 2 is 2.05 bits per heavy atom. The molecule has 20 heavy (non-hydrogen) atoms. The Labute approximate surface area is 122 Å². The fraction of sp³-hybridized carbons (Fsp3) is 0.250. The Hall–Kier alpha value is -1.78. The summed E-state index contributed by atoms with van der Waals surface area (Å²) in [4.78, 5) is 10.5. The van der Waals surface area contributed by atoms with E-state index in [0.29, 0.717) is 6.04 Å². The van der Waals surface area contributed by atoms with Crippen LogP contribution in [0.15, 0.2) is 36.5 Å². The molecule has 1 atom stereocenters. The third-order valence-electron chi connectivity index (χ3n) is 3.53. The molecule has 0 aliphatic carbocycles. The normalized spacial score (nSPS) is 12.8. The largest absolute Gasteiger partial charge is 0.312 e. The fourth-order valence-corrected chi connectivity index (χ4v) is 3.14. The van der Waals surface area contributed by atoms with Crippen molar-refractivity contribution in [3.8, 4) is 10.7 Å². The molecule has 0 aliphatic rings. The minimum absolute atomic E-state index is 0.322. The molecule has 0 fully saturated rings. The molecule has 0 saturated heterocycles. The molecule has 3 rings (SSSR count). The lowest BCUT2D eigenvalue weighted by Gasteiger charge is -2.05. The molecule has 1 aromatic carbocycles. The summed E-state index contributed by atoms with van der Waals surface area (Å²) in [6.07, 6.45) is 1.94. The van der Waals surface area contributed by atoms with E-state index in [1.165, 1.54) is 15.8 Å². The maximum Gasteiger partial charge on any atom is 0.142 e. The van der Waals surface area contributed by atoms with Crippen LogP contribution in [0.2, 0.25) is 0 Å². The Bertz CT molecular complexity index is 748. The highest BCUT2D eigenvalue weighted by Crippen LogP contribution is 2.29. The number of aromatic nitrogens is 2. The van der Waals surface area contributed by atoms with E-state index < -0.39 is 0 Å². The first-order chi connectivity index (χ1) is 9.69. The smallest absolute Gasteiger partial charge is 0.142 e. The average molecular weight is 283 g/mol. The number of hydrogen-bond acceptors (Lipinski definition) is 4. The Morgan fingerprint density at radius 3 is 2.85 bits per heavy atom. The quantitative estimate of drug-likeness (QED) is 0.791. The summed E-state index contributed by atoms with van der Waals surface area (Å²) in [6.45, 7) is 4.26. The zero-order valence-electron chi connectivity index (χ0n) is 11.8. The van der Waals surface area contributed by atoms with Crippen molar-refractivity contribution >= 4 is 22.2 Å². The number of benzene rings is 1. The molecule has 0 spiro atoms. The lowest BCUT2D eigenvalue weighted by Crippen LogP contribution is -2.10. The second-order valence-electron chi connectivity index (χ2n) is 4.92. The van der Waals surface area contributed by atoms with E-state index in [0.717, 1.165) is 16.2 Å². The Morgan fingerprint density at radius 1 is 1.25 bits per heavy atom. The van der Waals surface area contributed by atoms with Crippen molar-refractivity contribution in [1.82, 2.24) is 15.3 Å². The molecule has 2 aromatic heterocycles. The van der Waals surface area contributed by atoms with Crippen molar-refractivity contribution in [3.05, 3.63) is 47.0 Å². The van der Waals surface area contributed by atoms with Crippen LogP contribution in [0.3, 0.4) is 0 Å². The summed E-state index contributed by atoms with van der Waals surface area (Å²) in [5.41, 5.74) is 3.23. The molecule has 0 saturated carbocycles. The molecule has 0 bridgehead atoms. The van der Waals surface area contributed by atoms with E-state index in [2.05, 4.69) is 42.3 Å². The monoisotopic (exact) mass is 283 g/mol. The van der Waals surface area contributed by atoms with Crippen LogP contribution >= 0.6 is 11.3 Å². The van der Waals surface area contributed by atoms with Gasteiger partial charge in [0.05, 0.1) is 11.2 Å². The van der Waals surface area contributed by atoms with Crippen molar-refractivity contribution in [1.29, 1.82) is 0 Å². The van der Waals surface area contributed by atoms with E-state index in [-0.39, 0.29) is 0 Å². The molecular weight excluding hydrogens is 266 g/mol. The number of aryl methyl sites for hydroxylation is 1. The minimum atomic E-state index is 0.322. The molecule has 3 nitrogen and oxygen atoms in total. The zero-order valence-corrected chi connectivity index (χ0v) is 12.7. The van der Waals surface area contributed by atoms with Gasteiger partial charge in [-0.25, -0.2) is 9.97 Å². The zero-order chi connectivity index (χ0) is 14.1. The highest BCUT2D eigenvalue weighted by atomic mass is 32.1. The highest BCUT2D eigenvalue weighted by Gasteiger charge is 2.11. The number of para-hydroxylation sites is 1. The third kappa shape index (κ3) is 2.32. The summed E-state index contributed by atoms with van der Waals surface area (Å²) in [7, 11) is 1.96. The van der Waals surface area contributed by atoms with Crippen LogP contribution in [0, 0.1) is 6.92 Å². The van der Waals surface area contributed by atoms with Crippen LogP contribution in [0.4, 0.5) is 0 Å². The van der Waals surface area contributed by atoms with Gasteiger partial charge in [0.2, 0.25) is 0 Å². The van der Waals surface area contributed by atoms with Crippen molar-refractivity contribution in [3.63, 3.8) is 0 Å². The molecule has 0 amide bonds. The first-order valence-electron chi connectivity index (χ1n) is 6.69. The Kier molecular flexibility index (Phi) is 3.51. The number of pyridine rings is 1. The maximum absolute atomic E-state index is 4.73. The second-order valence-corrected chi connectivity index (χ2v) is 5.98. The minimum Gasteiger partial charge on any atom is -0.312 e. The summed E-state index contributed by atoms with van der Waals surface area (Å²) < 4.78 is 0. The van der Waals surface area contributed by atoms with Gasteiger partial charge in [0.25, 0.3) is 0 Å². The molecule has 0 aliphatic heterocycles. The summed E-state index contributed by atoms with van der Waals surface area (Å²) >= 11 is 1.70. The van der Waals surface area contributed by atoms with E-state index in [9.17, 15) is 0 Å².